The molecule has 1 aromatic heterocycles. The number of aromatic nitrogens is 1. The number of pyridine rings is 1. The SMILES string of the molecule is COc1cccc2c(N/N=C/c3cccc4ccccc34)cc(C)nc12. The molecule has 1 heterocycles. The maximum Gasteiger partial charge on any atom is 0.145 e. The standard InChI is InChI=1S/C22H19N3O/c1-15-13-20(19-11-6-12-21(26-2)22(19)24-15)25-23-14-17-9-5-8-16-7-3-4-10-18(16)17/h3-14H,1-2H3,(H,24,25)/b23-14+. The number of hydrazone groups is 1. The minimum atomic E-state index is 0.757. The van der Waals surface area contributed by atoms with Gasteiger partial charge in [0.2, 0.25) is 0 Å². The number of anilines is 1. The fourth-order valence-electron chi connectivity index (χ4n) is 3.14. The number of nitrogens with one attached hydrogen (secondary N) is 1. The van der Waals surface area contributed by atoms with Crippen molar-refractivity contribution in [3.8, 4) is 5.75 Å². The minimum Gasteiger partial charge on any atom is -0.494 e. The molecule has 4 heteroatoms. The van der Waals surface area contributed by atoms with Crippen LogP contribution in [-0.2, 0) is 0 Å². The number of aryl methyl sites for hydroxylation is 1. The van der Waals surface area contributed by atoms with Crippen molar-refractivity contribution in [2.24, 2.45) is 5.10 Å². The first-order chi connectivity index (χ1) is 12.8. The van der Waals surface area contributed by atoms with Gasteiger partial charge in [-0.15, -0.1) is 0 Å². The predicted octanol–water partition coefficient (Wildman–Crippen LogP) is 5.15. The van der Waals surface area contributed by atoms with Gasteiger partial charge >= 0.3 is 0 Å². The molecule has 0 radical (unpaired) electrons. The normalized spacial score (nSPS) is 11.3. The van der Waals surface area contributed by atoms with Crippen molar-refractivity contribution >= 4 is 33.6 Å². The highest BCUT2D eigenvalue weighted by molar-refractivity contribution is 6.00. The van der Waals surface area contributed by atoms with Gasteiger partial charge in [0, 0.05) is 16.6 Å². The molecule has 1 N–H and O–H groups in total. The van der Waals surface area contributed by atoms with Crippen LogP contribution in [0.2, 0.25) is 0 Å². The monoisotopic (exact) mass is 341 g/mol. The maximum absolute atomic E-state index is 5.43. The predicted molar refractivity (Wildman–Crippen MR) is 108 cm³/mol. The van der Waals surface area contributed by atoms with E-state index in [0.717, 1.165) is 33.6 Å². The van der Waals surface area contributed by atoms with Crippen LogP contribution in [0.3, 0.4) is 0 Å². The van der Waals surface area contributed by atoms with E-state index in [4.69, 9.17) is 4.74 Å². The zero-order chi connectivity index (χ0) is 17.9. The highest BCUT2D eigenvalue weighted by Gasteiger charge is 2.08. The quantitative estimate of drug-likeness (QED) is 0.412. The molecular formula is C22H19N3O. The van der Waals surface area contributed by atoms with Crippen molar-refractivity contribution in [1.82, 2.24) is 4.98 Å². The molecule has 4 nitrogen and oxygen atoms in total. The second-order valence-corrected chi connectivity index (χ2v) is 6.11. The third kappa shape index (κ3) is 2.97. The van der Waals surface area contributed by atoms with Gasteiger partial charge in [-0.2, -0.15) is 5.10 Å². The van der Waals surface area contributed by atoms with Gasteiger partial charge in [0.25, 0.3) is 0 Å². The van der Waals surface area contributed by atoms with E-state index < -0.39 is 0 Å². The van der Waals surface area contributed by atoms with Gasteiger partial charge in [0.15, 0.2) is 0 Å². The summed E-state index contributed by atoms with van der Waals surface area (Å²) < 4.78 is 5.43. The molecule has 0 saturated carbocycles. The van der Waals surface area contributed by atoms with Crippen molar-refractivity contribution in [2.45, 2.75) is 6.92 Å². The van der Waals surface area contributed by atoms with Crippen LogP contribution in [0.1, 0.15) is 11.3 Å². The number of nitrogens with zero attached hydrogens (tertiary/aromatic N) is 2. The van der Waals surface area contributed by atoms with E-state index in [1.165, 1.54) is 10.8 Å². The summed E-state index contributed by atoms with van der Waals surface area (Å²) in [7, 11) is 1.66. The highest BCUT2D eigenvalue weighted by Crippen LogP contribution is 2.29. The van der Waals surface area contributed by atoms with Crippen LogP contribution < -0.4 is 10.2 Å². The summed E-state index contributed by atoms with van der Waals surface area (Å²) in [5.41, 5.74) is 6.88. The molecule has 0 atom stereocenters. The van der Waals surface area contributed by atoms with E-state index in [-0.39, 0.29) is 0 Å². The summed E-state index contributed by atoms with van der Waals surface area (Å²) >= 11 is 0. The molecule has 128 valence electrons. The van der Waals surface area contributed by atoms with Crippen LogP contribution >= 0.6 is 0 Å². The van der Waals surface area contributed by atoms with Gasteiger partial charge in [-0.05, 0) is 29.8 Å². The average Bonchev–Trinajstić information content (AvgIpc) is 2.67. The molecule has 0 aliphatic rings. The van der Waals surface area contributed by atoms with Gasteiger partial charge in [-0.1, -0.05) is 54.6 Å². The summed E-state index contributed by atoms with van der Waals surface area (Å²) in [6.07, 6.45) is 1.85. The molecule has 4 aromatic rings. The maximum atomic E-state index is 5.43. The number of hydrogen-bond acceptors (Lipinski definition) is 4. The molecule has 0 unspecified atom stereocenters. The molecule has 0 aliphatic carbocycles. The van der Waals surface area contributed by atoms with Gasteiger partial charge in [0.05, 0.1) is 19.0 Å². The summed E-state index contributed by atoms with van der Waals surface area (Å²) in [6, 6.07) is 22.4. The summed E-state index contributed by atoms with van der Waals surface area (Å²) in [5, 5.41) is 7.82. The molecule has 0 bridgehead atoms. The number of fused-ring (bicyclic) bond motifs is 2. The van der Waals surface area contributed by atoms with E-state index in [0.29, 0.717) is 0 Å². The molecule has 4 rings (SSSR count). The molecule has 0 fully saturated rings. The van der Waals surface area contributed by atoms with Crippen molar-refractivity contribution < 1.29 is 4.74 Å². The Balaban J connectivity index is 1.70. The minimum absolute atomic E-state index is 0.757. The number of ether oxygens (including phenoxy) is 1. The fourth-order valence-corrected chi connectivity index (χ4v) is 3.14. The van der Waals surface area contributed by atoms with Crippen LogP contribution in [-0.4, -0.2) is 18.3 Å². The summed E-state index contributed by atoms with van der Waals surface area (Å²) in [6.45, 7) is 1.96. The van der Waals surface area contributed by atoms with Crippen LogP contribution in [0.5, 0.6) is 5.75 Å². The van der Waals surface area contributed by atoms with Crippen LogP contribution in [0.25, 0.3) is 21.7 Å². The number of rotatable bonds is 4. The lowest BCUT2D eigenvalue weighted by molar-refractivity contribution is 0.419. The van der Waals surface area contributed by atoms with Crippen molar-refractivity contribution in [3.05, 3.63) is 78.0 Å². The number of para-hydroxylation sites is 1. The molecule has 0 spiro atoms. The van der Waals surface area contributed by atoms with Crippen molar-refractivity contribution in [3.63, 3.8) is 0 Å². The molecule has 0 saturated heterocycles. The van der Waals surface area contributed by atoms with Crippen molar-refractivity contribution in [2.75, 3.05) is 12.5 Å². The van der Waals surface area contributed by atoms with E-state index >= 15 is 0 Å². The Morgan fingerprint density at radius 2 is 1.73 bits per heavy atom. The molecule has 0 aliphatic heterocycles. The number of benzene rings is 3. The first kappa shape index (κ1) is 16.1. The molecule has 26 heavy (non-hydrogen) atoms. The third-order valence-corrected chi connectivity index (χ3v) is 4.36. The van der Waals surface area contributed by atoms with E-state index in [1.807, 2.05) is 55.6 Å². The smallest absolute Gasteiger partial charge is 0.145 e. The van der Waals surface area contributed by atoms with Crippen LogP contribution in [0.15, 0.2) is 71.8 Å². The van der Waals surface area contributed by atoms with Gasteiger partial charge in [-0.3, -0.25) is 5.43 Å². The van der Waals surface area contributed by atoms with Gasteiger partial charge in [0.1, 0.15) is 11.3 Å². The second kappa shape index (κ2) is 6.84. The Labute approximate surface area is 152 Å². The Morgan fingerprint density at radius 1 is 0.962 bits per heavy atom. The Hall–Kier alpha value is -3.40. The Bertz CT molecular complexity index is 1110. The zero-order valence-corrected chi connectivity index (χ0v) is 14.7. The Kier molecular flexibility index (Phi) is 4.23. The van der Waals surface area contributed by atoms with E-state index in [9.17, 15) is 0 Å². The average molecular weight is 341 g/mol. The van der Waals surface area contributed by atoms with Gasteiger partial charge in [-0.25, -0.2) is 4.98 Å². The molecule has 3 aromatic carbocycles. The first-order valence-electron chi connectivity index (χ1n) is 8.47. The molecular weight excluding hydrogens is 322 g/mol. The van der Waals surface area contributed by atoms with Crippen LogP contribution in [0.4, 0.5) is 5.69 Å². The van der Waals surface area contributed by atoms with Crippen molar-refractivity contribution in [1.29, 1.82) is 0 Å². The highest BCUT2D eigenvalue weighted by atomic mass is 16.5. The fraction of sp³-hybridized carbons (Fsp3) is 0.0909. The first-order valence-corrected chi connectivity index (χ1v) is 8.47. The lowest BCUT2D eigenvalue weighted by Crippen LogP contribution is -1.96. The van der Waals surface area contributed by atoms with Crippen LogP contribution in [0, 0.1) is 6.92 Å². The Morgan fingerprint density at radius 3 is 2.62 bits per heavy atom. The second-order valence-electron chi connectivity index (χ2n) is 6.11. The largest absolute Gasteiger partial charge is 0.494 e. The molecule has 0 amide bonds. The van der Waals surface area contributed by atoms with Gasteiger partial charge < -0.3 is 4.74 Å². The topological polar surface area (TPSA) is 46.5 Å². The lowest BCUT2D eigenvalue weighted by Gasteiger charge is -2.10. The zero-order valence-electron chi connectivity index (χ0n) is 14.7. The summed E-state index contributed by atoms with van der Waals surface area (Å²) in [5.74, 6) is 0.757. The number of hydrogen-bond donors (Lipinski definition) is 1. The lowest BCUT2D eigenvalue weighted by atomic mass is 10.1. The van der Waals surface area contributed by atoms with E-state index in [2.05, 4.69) is 39.8 Å². The summed E-state index contributed by atoms with van der Waals surface area (Å²) in [4.78, 5) is 4.60. The van der Waals surface area contributed by atoms with E-state index in [1.54, 1.807) is 7.11 Å². The number of methoxy groups -OCH3 is 1. The third-order valence-electron chi connectivity index (χ3n) is 4.36.